The number of halogens is 3. The molecule has 0 aromatic rings. The molecule has 3 atom stereocenters. The van der Waals surface area contributed by atoms with Gasteiger partial charge in [-0.3, -0.25) is 4.90 Å². The summed E-state index contributed by atoms with van der Waals surface area (Å²) in [5, 5.41) is 28.6. The summed E-state index contributed by atoms with van der Waals surface area (Å²) in [5.74, 6) is -1.01. The third-order valence-corrected chi connectivity index (χ3v) is 4.51. The second kappa shape index (κ2) is 6.17. The monoisotopic (exact) mass is 297 g/mol. The van der Waals surface area contributed by atoms with Gasteiger partial charge in [0, 0.05) is 19.6 Å². The van der Waals surface area contributed by atoms with Crippen LogP contribution >= 0.6 is 0 Å². The molecule has 1 aliphatic carbocycles. The lowest BCUT2D eigenvalue weighted by atomic mass is 9.81. The van der Waals surface area contributed by atoms with E-state index < -0.39 is 30.4 Å². The highest BCUT2D eigenvalue weighted by Crippen LogP contribution is 2.39. The summed E-state index contributed by atoms with van der Waals surface area (Å²) < 4.78 is 37.7. The van der Waals surface area contributed by atoms with Crippen molar-refractivity contribution in [3.05, 3.63) is 0 Å². The predicted molar refractivity (Wildman–Crippen MR) is 66.0 cm³/mol. The molecule has 0 spiro atoms. The van der Waals surface area contributed by atoms with Crippen LogP contribution in [0.3, 0.4) is 0 Å². The summed E-state index contributed by atoms with van der Waals surface area (Å²) in [6, 6.07) is 0. The van der Waals surface area contributed by atoms with E-state index in [1.807, 2.05) is 4.90 Å². The Morgan fingerprint density at radius 1 is 0.900 bits per heavy atom. The summed E-state index contributed by atoms with van der Waals surface area (Å²) in [6.07, 6.45) is -5.84. The Balaban J connectivity index is 1.78. The number of alkyl halides is 3. The van der Waals surface area contributed by atoms with Gasteiger partial charge in [-0.1, -0.05) is 0 Å². The highest BCUT2D eigenvalue weighted by molar-refractivity contribution is 4.88. The van der Waals surface area contributed by atoms with Crippen molar-refractivity contribution in [3.63, 3.8) is 0 Å². The number of likely N-dealkylation sites (tertiary alicyclic amines) is 1. The first-order chi connectivity index (χ1) is 9.27. The molecule has 1 aliphatic heterocycles. The van der Waals surface area contributed by atoms with Crippen molar-refractivity contribution in [2.75, 3.05) is 19.6 Å². The molecule has 0 unspecified atom stereocenters. The molecule has 2 aliphatic rings. The Kier molecular flexibility index (Phi) is 4.94. The lowest BCUT2D eigenvalue weighted by Crippen LogP contribution is -2.56. The van der Waals surface area contributed by atoms with E-state index >= 15 is 0 Å². The summed E-state index contributed by atoms with van der Waals surface area (Å²) in [7, 11) is 0. The van der Waals surface area contributed by atoms with Gasteiger partial charge in [0.25, 0.3) is 0 Å². The van der Waals surface area contributed by atoms with Gasteiger partial charge in [-0.25, -0.2) is 0 Å². The van der Waals surface area contributed by atoms with Gasteiger partial charge in [0.1, 0.15) is 6.10 Å². The fourth-order valence-corrected chi connectivity index (χ4v) is 3.26. The zero-order chi connectivity index (χ0) is 14.9. The van der Waals surface area contributed by atoms with E-state index in [2.05, 4.69) is 0 Å². The van der Waals surface area contributed by atoms with Gasteiger partial charge in [0.2, 0.25) is 0 Å². The molecule has 20 heavy (non-hydrogen) atoms. The summed E-state index contributed by atoms with van der Waals surface area (Å²) in [6.45, 7) is 1.10. The van der Waals surface area contributed by atoms with Crippen molar-refractivity contribution < 1.29 is 28.5 Å². The van der Waals surface area contributed by atoms with Crippen LogP contribution in [0.1, 0.15) is 25.7 Å². The summed E-state index contributed by atoms with van der Waals surface area (Å²) in [4.78, 5) is 1.83. The molecule has 1 saturated carbocycles. The second-order valence-electron chi connectivity index (χ2n) is 6.10. The van der Waals surface area contributed by atoms with E-state index in [0.29, 0.717) is 19.4 Å². The Hall–Kier alpha value is -0.370. The van der Waals surface area contributed by atoms with E-state index in [-0.39, 0.29) is 31.8 Å². The average Bonchev–Trinajstić information content (AvgIpc) is 2.35. The van der Waals surface area contributed by atoms with Crippen molar-refractivity contribution in [3.8, 4) is 0 Å². The number of hydrogen-bond acceptors (Lipinski definition) is 4. The number of hydrogen-bond donors (Lipinski definition) is 3. The number of aliphatic hydroxyl groups excluding tert-OH is 3. The highest BCUT2D eigenvalue weighted by atomic mass is 19.4. The average molecular weight is 297 g/mol. The molecule has 0 radical (unpaired) electrons. The first kappa shape index (κ1) is 16.0. The molecule has 7 heteroatoms. The zero-order valence-electron chi connectivity index (χ0n) is 11.3. The van der Waals surface area contributed by atoms with Gasteiger partial charge in [-0.2, -0.15) is 13.2 Å². The van der Waals surface area contributed by atoms with Crippen LogP contribution in [-0.2, 0) is 0 Å². The minimum absolute atomic E-state index is 0.162. The summed E-state index contributed by atoms with van der Waals surface area (Å²) in [5.41, 5.74) is 0. The standard InChI is InChI=1S/C13H22F3NO3/c14-13(15,16)9-3-1-8(2-4-9)5-17-6-10(18)12(20)11(19)7-17/h8-12,18-20H,1-7H2/t8-,9+,10-,11+,12+. The number of nitrogens with zero attached hydrogens (tertiary/aromatic N) is 1. The van der Waals surface area contributed by atoms with Gasteiger partial charge >= 0.3 is 6.18 Å². The van der Waals surface area contributed by atoms with Crippen molar-refractivity contribution in [1.29, 1.82) is 0 Å². The van der Waals surface area contributed by atoms with Gasteiger partial charge < -0.3 is 15.3 Å². The largest absolute Gasteiger partial charge is 0.391 e. The van der Waals surface area contributed by atoms with Crippen LogP contribution in [-0.4, -0.2) is 64.3 Å². The smallest absolute Gasteiger partial charge is 0.389 e. The number of aliphatic hydroxyl groups is 3. The number of rotatable bonds is 2. The SMILES string of the molecule is O[C@H]1[C@H](O)CN(C[C@H]2CC[C@@H](C(F)(F)F)CC2)C[C@@H]1O. The van der Waals surface area contributed by atoms with Crippen LogP contribution in [0.5, 0.6) is 0 Å². The Labute approximate surface area is 116 Å². The predicted octanol–water partition coefficient (Wildman–Crippen LogP) is 0.753. The molecule has 118 valence electrons. The maximum absolute atomic E-state index is 12.6. The van der Waals surface area contributed by atoms with E-state index in [4.69, 9.17) is 0 Å². The van der Waals surface area contributed by atoms with Crippen molar-refractivity contribution in [2.24, 2.45) is 11.8 Å². The van der Waals surface area contributed by atoms with Crippen LogP contribution in [0.25, 0.3) is 0 Å². The lowest BCUT2D eigenvalue weighted by molar-refractivity contribution is -0.184. The molecule has 0 amide bonds. The van der Waals surface area contributed by atoms with Crippen LogP contribution in [0.15, 0.2) is 0 Å². The zero-order valence-corrected chi connectivity index (χ0v) is 11.3. The molecule has 1 saturated heterocycles. The first-order valence-corrected chi connectivity index (χ1v) is 7.10. The maximum atomic E-state index is 12.6. The maximum Gasteiger partial charge on any atom is 0.391 e. The lowest BCUT2D eigenvalue weighted by Gasteiger charge is -2.39. The molecule has 0 aromatic heterocycles. The Morgan fingerprint density at radius 2 is 1.40 bits per heavy atom. The Morgan fingerprint density at radius 3 is 1.85 bits per heavy atom. The fourth-order valence-electron chi connectivity index (χ4n) is 3.26. The molecule has 2 fully saturated rings. The van der Waals surface area contributed by atoms with E-state index in [0.717, 1.165) is 0 Å². The van der Waals surface area contributed by atoms with Crippen molar-refractivity contribution >= 4 is 0 Å². The van der Waals surface area contributed by atoms with Crippen molar-refractivity contribution in [2.45, 2.75) is 50.2 Å². The first-order valence-electron chi connectivity index (χ1n) is 7.10. The Bertz CT molecular complexity index is 306. The van der Waals surface area contributed by atoms with Crippen LogP contribution in [0.4, 0.5) is 13.2 Å². The highest BCUT2D eigenvalue weighted by Gasteiger charge is 2.42. The third kappa shape index (κ3) is 3.84. The van der Waals surface area contributed by atoms with E-state index in [9.17, 15) is 28.5 Å². The molecular formula is C13H22F3NO3. The molecule has 3 N–H and O–H groups in total. The quantitative estimate of drug-likeness (QED) is 0.704. The van der Waals surface area contributed by atoms with Gasteiger partial charge in [0.05, 0.1) is 18.1 Å². The molecule has 0 bridgehead atoms. The summed E-state index contributed by atoms with van der Waals surface area (Å²) >= 11 is 0. The van der Waals surface area contributed by atoms with Gasteiger partial charge in [-0.15, -0.1) is 0 Å². The fraction of sp³-hybridized carbons (Fsp3) is 1.00. The van der Waals surface area contributed by atoms with Crippen LogP contribution in [0.2, 0.25) is 0 Å². The molecule has 2 rings (SSSR count). The third-order valence-electron chi connectivity index (χ3n) is 4.51. The number of piperidine rings is 1. The van der Waals surface area contributed by atoms with Crippen LogP contribution in [0, 0.1) is 11.8 Å². The molecule has 0 aromatic carbocycles. The van der Waals surface area contributed by atoms with Crippen molar-refractivity contribution in [1.82, 2.24) is 4.90 Å². The minimum atomic E-state index is -4.09. The topological polar surface area (TPSA) is 63.9 Å². The van der Waals surface area contributed by atoms with Crippen LogP contribution < -0.4 is 0 Å². The van der Waals surface area contributed by atoms with Gasteiger partial charge in [0.15, 0.2) is 0 Å². The van der Waals surface area contributed by atoms with E-state index in [1.54, 1.807) is 0 Å². The van der Waals surface area contributed by atoms with Gasteiger partial charge in [-0.05, 0) is 31.6 Å². The minimum Gasteiger partial charge on any atom is -0.389 e. The molecular weight excluding hydrogens is 275 g/mol. The second-order valence-corrected chi connectivity index (χ2v) is 6.10. The normalized spacial score (nSPS) is 40.8. The van der Waals surface area contributed by atoms with E-state index in [1.165, 1.54) is 0 Å². The molecule has 4 nitrogen and oxygen atoms in total. The number of β-amino-alcohol motifs (C(OH)–C–C–N with tert-alkyl or cyclic N) is 2. The molecule has 1 heterocycles.